The second-order valence-electron chi connectivity index (χ2n) is 18.5. The maximum Gasteiger partial charge on any atom is -0.0184 e. The van der Waals surface area contributed by atoms with Crippen LogP contribution in [0.5, 0.6) is 0 Å². The summed E-state index contributed by atoms with van der Waals surface area (Å²) in [5.41, 5.74) is 6.74. The molecule has 0 bridgehead atoms. The number of fused-ring (bicyclic) bond motifs is 1. The van der Waals surface area contributed by atoms with Gasteiger partial charge in [0.15, 0.2) is 0 Å². The molecule has 0 amide bonds. The Balaban J connectivity index is -0.000000128. The van der Waals surface area contributed by atoms with Gasteiger partial charge in [0, 0.05) is 0 Å². The van der Waals surface area contributed by atoms with Crippen molar-refractivity contribution in [2.75, 3.05) is 0 Å². The van der Waals surface area contributed by atoms with Crippen LogP contribution in [0, 0.1) is 30.1 Å². The average molecular weight is 956 g/mol. The minimum atomic E-state index is 0.500. The van der Waals surface area contributed by atoms with Crippen LogP contribution in [0.25, 0.3) is 21.9 Å². The van der Waals surface area contributed by atoms with E-state index in [1.807, 2.05) is 168 Å². The first-order valence-electron chi connectivity index (χ1n) is 26.9. The minimum absolute atomic E-state index is 0.500. The van der Waals surface area contributed by atoms with Crippen LogP contribution in [0.15, 0.2) is 206 Å². The van der Waals surface area contributed by atoms with E-state index in [0.29, 0.717) is 16.2 Å². The summed E-state index contributed by atoms with van der Waals surface area (Å²) >= 11 is 0. The van der Waals surface area contributed by atoms with Gasteiger partial charge in [0.25, 0.3) is 0 Å². The Morgan fingerprint density at radius 2 is 0.371 bits per heavy atom. The molecule has 0 saturated heterocycles. The molecule has 0 unspecified atom stereocenters. The molecule has 0 fully saturated rings. The average Bonchev–Trinajstić information content (AvgIpc) is 3.39. The van der Waals surface area contributed by atoms with Crippen LogP contribution in [-0.2, 0) is 0 Å². The SMILES string of the molecule is CC.CC.CC.CC.CC.CC.CC(C)(C)C.CC(C)(C)C.CCC(C)(C)C.Cc1ccccc1.Cc1ccccc1.c1ccc(-c2ccccc2)cc1.c1ccc2ccccc2c1.c1ccccc1. The maximum atomic E-state index is 2.24. The Morgan fingerprint density at radius 3 is 0.500 bits per heavy atom. The number of benzene rings is 7. The van der Waals surface area contributed by atoms with E-state index in [2.05, 4.69) is 218 Å². The summed E-state index contributed by atoms with van der Waals surface area (Å²) in [4.78, 5) is 0. The van der Waals surface area contributed by atoms with Crippen LogP contribution in [0.4, 0.5) is 0 Å². The number of hydrogen-bond donors (Lipinski definition) is 0. The minimum Gasteiger partial charge on any atom is -0.0683 e. The van der Waals surface area contributed by atoms with Crippen LogP contribution in [0.2, 0.25) is 0 Å². The lowest BCUT2D eigenvalue weighted by atomic mass is 9.94. The highest BCUT2D eigenvalue weighted by atomic mass is 14.1. The first-order chi connectivity index (χ1) is 33.3. The van der Waals surface area contributed by atoms with Crippen molar-refractivity contribution in [3.05, 3.63) is 217 Å². The predicted octanol–water partition coefficient (Wildman–Crippen LogP) is 24.6. The zero-order valence-corrected chi connectivity index (χ0v) is 50.8. The summed E-state index contributed by atoms with van der Waals surface area (Å²) in [6, 6.07) is 70.0. The quantitative estimate of drug-likeness (QED) is 0.154. The van der Waals surface area contributed by atoms with Crippen molar-refractivity contribution in [3.8, 4) is 11.1 Å². The molecule has 7 aromatic rings. The molecule has 0 heteroatoms. The molecule has 0 saturated carbocycles. The Hall–Kier alpha value is -5.20. The van der Waals surface area contributed by atoms with Gasteiger partial charge in [0.1, 0.15) is 0 Å². The van der Waals surface area contributed by atoms with Gasteiger partial charge in [-0.05, 0) is 52.0 Å². The van der Waals surface area contributed by atoms with Gasteiger partial charge in [0.05, 0.1) is 0 Å². The maximum absolute atomic E-state index is 2.24. The van der Waals surface area contributed by atoms with Gasteiger partial charge < -0.3 is 0 Å². The Morgan fingerprint density at radius 1 is 0.243 bits per heavy atom. The van der Waals surface area contributed by atoms with Crippen LogP contribution in [0.1, 0.15) is 184 Å². The highest BCUT2D eigenvalue weighted by Crippen LogP contribution is 2.18. The van der Waals surface area contributed by atoms with Gasteiger partial charge in [-0.2, -0.15) is 0 Å². The molecule has 0 N–H and O–H groups in total. The molecule has 0 radical (unpaired) electrons. The van der Waals surface area contributed by atoms with E-state index >= 15 is 0 Å². The van der Waals surface area contributed by atoms with Crippen LogP contribution in [0.3, 0.4) is 0 Å². The van der Waals surface area contributed by atoms with Gasteiger partial charge in [-0.25, -0.2) is 0 Å². The van der Waals surface area contributed by atoms with Crippen molar-refractivity contribution in [2.24, 2.45) is 16.2 Å². The third-order valence-corrected chi connectivity index (χ3v) is 7.15. The van der Waals surface area contributed by atoms with E-state index in [4.69, 9.17) is 0 Å². The van der Waals surface area contributed by atoms with Crippen molar-refractivity contribution < 1.29 is 0 Å². The molecule has 70 heavy (non-hydrogen) atoms. The van der Waals surface area contributed by atoms with Crippen LogP contribution < -0.4 is 0 Å². The third-order valence-electron chi connectivity index (χ3n) is 7.15. The molecule has 7 aromatic carbocycles. The van der Waals surface area contributed by atoms with E-state index in [0.717, 1.165) is 0 Å². The van der Waals surface area contributed by atoms with Gasteiger partial charge in [-0.3, -0.25) is 0 Å². The lowest BCUT2D eigenvalue weighted by Crippen LogP contribution is -2.00. The molecule has 0 aliphatic heterocycles. The summed E-state index contributed by atoms with van der Waals surface area (Å²) in [6.45, 7) is 54.6. The summed E-state index contributed by atoms with van der Waals surface area (Å²) in [5, 5.41) is 2.62. The fourth-order valence-corrected chi connectivity index (χ4v) is 3.85. The highest BCUT2D eigenvalue weighted by Gasteiger charge is 2.03. The fourth-order valence-electron chi connectivity index (χ4n) is 3.85. The summed E-state index contributed by atoms with van der Waals surface area (Å²) < 4.78 is 0. The molecule has 0 heterocycles. The Kier molecular flexibility index (Phi) is 65.5. The lowest BCUT2D eigenvalue weighted by Gasteiger charge is -2.12. The molecule has 394 valence electrons. The normalized spacial score (nSPS) is 8.77. The first kappa shape index (κ1) is 79.0. The number of rotatable bonds is 1. The van der Waals surface area contributed by atoms with E-state index in [1.165, 1.54) is 39.4 Å². The Bertz CT molecular complexity index is 1700. The molecule has 0 aromatic heterocycles. The number of aryl methyl sites for hydroxylation is 2. The zero-order valence-electron chi connectivity index (χ0n) is 50.8. The van der Waals surface area contributed by atoms with Gasteiger partial charge in [-0.15, -0.1) is 0 Å². The molecule has 0 aliphatic rings. The van der Waals surface area contributed by atoms with Crippen molar-refractivity contribution in [2.45, 2.75) is 186 Å². The smallest absolute Gasteiger partial charge is 0.0184 e. The summed E-state index contributed by atoms with van der Waals surface area (Å²) in [5.74, 6) is 0. The Labute approximate surface area is 439 Å². The van der Waals surface area contributed by atoms with Crippen LogP contribution in [-0.4, -0.2) is 0 Å². The van der Waals surface area contributed by atoms with Crippen LogP contribution >= 0.6 is 0 Å². The van der Waals surface area contributed by atoms with Gasteiger partial charge >= 0.3 is 0 Å². The highest BCUT2D eigenvalue weighted by molar-refractivity contribution is 5.82. The topological polar surface area (TPSA) is 0 Å². The van der Waals surface area contributed by atoms with Gasteiger partial charge in [0.2, 0.25) is 0 Å². The molecule has 0 aliphatic carbocycles. The predicted molar refractivity (Wildman–Crippen MR) is 333 cm³/mol. The molecular weight excluding hydrogens is 841 g/mol. The van der Waals surface area contributed by atoms with Crippen molar-refractivity contribution in [1.82, 2.24) is 0 Å². The van der Waals surface area contributed by atoms with E-state index in [9.17, 15) is 0 Å². The third kappa shape index (κ3) is 71.8. The molecule has 7 rings (SSSR count). The number of hydrogen-bond acceptors (Lipinski definition) is 0. The molecule has 0 nitrogen and oxygen atoms in total. The monoisotopic (exact) mass is 955 g/mol. The fraction of sp³-hybridized carbons (Fsp3) is 0.429. The van der Waals surface area contributed by atoms with Crippen molar-refractivity contribution in [1.29, 1.82) is 0 Å². The molecular formula is C70H114. The summed E-state index contributed by atoms with van der Waals surface area (Å²) in [6.07, 6.45) is 1.27. The molecule has 0 spiro atoms. The largest absolute Gasteiger partial charge is 0.0683 e. The van der Waals surface area contributed by atoms with E-state index < -0.39 is 0 Å². The second kappa shape index (κ2) is 58.1. The van der Waals surface area contributed by atoms with E-state index in [-0.39, 0.29) is 0 Å². The second-order valence-corrected chi connectivity index (χ2v) is 18.5. The van der Waals surface area contributed by atoms with Crippen molar-refractivity contribution in [3.63, 3.8) is 0 Å². The van der Waals surface area contributed by atoms with E-state index in [1.54, 1.807) is 0 Å². The summed E-state index contributed by atoms with van der Waals surface area (Å²) in [7, 11) is 0. The standard InChI is InChI=1S/C12H10.C10H8.2C7H8.C6H6.C6H14.2C5H12.6C2H6/c1-3-7-11(8-4-1)12-9-5-2-6-10-12;1-2-6-10-8-4-3-7-9(10)5-1;2*1-7-5-3-2-4-6-7;1-2-4-6-5-3-1;1-5-6(2,3)4;2*1-5(2,3)4;6*1-2/h1-10H;1-8H;2*2-6H,1H3;1-6H;5H2,1-4H3;2*1-4H3;6*1-2H3. The van der Waals surface area contributed by atoms with Crippen molar-refractivity contribution >= 4 is 10.8 Å². The van der Waals surface area contributed by atoms with Gasteiger partial charge in [-0.1, -0.05) is 390 Å². The zero-order chi connectivity index (χ0) is 55.7. The lowest BCUT2D eigenvalue weighted by molar-refractivity contribution is 0.398. The first-order valence-corrected chi connectivity index (χ1v) is 26.9. The molecule has 0 atom stereocenters.